The van der Waals surface area contributed by atoms with E-state index in [1.165, 1.54) is 11.1 Å². The third-order valence-corrected chi connectivity index (χ3v) is 3.25. The molecule has 0 aliphatic rings. The van der Waals surface area contributed by atoms with Crippen molar-refractivity contribution in [3.8, 4) is 11.5 Å². The quantitative estimate of drug-likeness (QED) is 0.905. The normalized spacial score (nSPS) is 10.5. The molecule has 3 heteroatoms. The first-order valence-corrected chi connectivity index (χ1v) is 6.71. The number of aryl methyl sites for hydroxylation is 2. The monoisotopic (exact) mass is 275 g/mol. The van der Waals surface area contributed by atoms with Crippen LogP contribution < -0.4 is 10.5 Å². The Bertz CT molecular complexity index is 561. The maximum atomic E-state index is 6.20. The van der Waals surface area contributed by atoms with Crippen LogP contribution in [0.4, 0.5) is 0 Å². The predicted octanol–water partition coefficient (Wildman–Crippen LogP) is 4.25. The second-order valence-electron chi connectivity index (χ2n) is 4.68. The summed E-state index contributed by atoms with van der Waals surface area (Å²) in [6.07, 6.45) is 0.708. The van der Waals surface area contributed by atoms with Crippen LogP contribution in [0.15, 0.2) is 36.4 Å². The van der Waals surface area contributed by atoms with E-state index >= 15 is 0 Å². The van der Waals surface area contributed by atoms with Crippen molar-refractivity contribution in [1.82, 2.24) is 0 Å². The Balaban J connectivity index is 2.34. The Hall–Kier alpha value is -1.51. The van der Waals surface area contributed by atoms with Crippen LogP contribution in [0.25, 0.3) is 0 Å². The van der Waals surface area contributed by atoms with Crippen LogP contribution in [0.1, 0.15) is 16.7 Å². The van der Waals surface area contributed by atoms with Crippen LogP contribution in [-0.2, 0) is 6.42 Å². The van der Waals surface area contributed by atoms with Gasteiger partial charge in [-0.3, -0.25) is 0 Å². The fourth-order valence-corrected chi connectivity index (χ4v) is 2.40. The lowest BCUT2D eigenvalue weighted by atomic mass is 10.1. The summed E-state index contributed by atoms with van der Waals surface area (Å²) in [7, 11) is 0. The van der Waals surface area contributed by atoms with E-state index in [0.29, 0.717) is 18.0 Å². The Morgan fingerprint density at radius 1 is 1.11 bits per heavy atom. The fraction of sp³-hybridized carbons (Fsp3) is 0.250. The first-order valence-electron chi connectivity index (χ1n) is 6.34. The molecule has 0 radical (unpaired) electrons. The van der Waals surface area contributed by atoms with E-state index < -0.39 is 0 Å². The summed E-state index contributed by atoms with van der Waals surface area (Å²) in [5, 5.41) is 0.701. The molecule has 2 N–H and O–H groups in total. The Kier molecular flexibility index (Phi) is 4.46. The minimum Gasteiger partial charge on any atom is -0.457 e. The van der Waals surface area contributed by atoms with Gasteiger partial charge in [0.2, 0.25) is 0 Å². The summed E-state index contributed by atoms with van der Waals surface area (Å²) in [6, 6.07) is 11.8. The highest BCUT2D eigenvalue weighted by Crippen LogP contribution is 2.31. The molecule has 0 aromatic heterocycles. The molecule has 0 amide bonds. The highest BCUT2D eigenvalue weighted by molar-refractivity contribution is 6.31. The summed E-state index contributed by atoms with van der Waals surface area (Å²) in [5.41, 5.74) is 8.95. The van der Waals surface area contributed by atoms with Crippen molar-refractivity contribution < 1.29 is 4.74 Å². The molecule has 0 spiro atoms. The van der Waals surface area contributed by atoms with Crippen molar-refractivity contribution in [3.05, 3.63) is 58.1 Å². The molecule has 0 aliphatic heterocycles. The molecule has 2 nitrogen and oxygen atoms in total. The molecule has 0 fully saturated rings. The van der Waals surface area contributed by atoms with E-state index in [4.69, 9.17) is 22.1 Å². The summed E-state index contributed by atoms with van der Waals surface area (Å²) < 4.78 is 5.96. The minimum atomic E-state index is 0.549. The Labute approximate surface area is 119 Å². The Morgan fingerprint density at radius 3 is 2.42 bits per heavy atom. The van der Waals surface area contributed by atoms with Gasteiger partial charge in [0.15, 0.2) is 0 Å². The first kappa shape index (κ1) is 13.9. The number of nitrogens with two attached hydrogens (primary N) is 1. The molecule has 0 unspecified atom stereocenters. The SMILES string of the molecule is Cc1cc(C)cc(Oc2cccc(Cl)c2CCN)c1. The van der Waals surface area contributed by atoms with Crippen LogP contribution in [-0.4, -0.2) is 6.54 Å². The van der Waals surface area contributed by atoms with E-state index in [9.17, 15) is 0 Å². The third kappa shape index (κ3) is 3.49. The van der Waals surface area contributed by atoms with Crippen LogP contribution in [0.2, 0.25) is 5.02 Å². The van der Waals surface area contributed by atoms with Crippen molar-refractivity contribution in [2.75, 3.05) is 6.54 Å². The third-order valence-electron chi connectivity index (χ3n) is 2.89. The van der Waals surface area contributed by atoms with E-state index in [-0.39, 0.29) is 0 Å². The standard InChI is InChI=1S/C16H18ClNO/c1-11-8-12(2)10-13(9-11)19-16-5-3-4-15(17)14(16)6-7-18/h3-5,8-10H,6-7,18H2,1-2H3. The van der Waals surface area contributed by atoms with E-state index in [1.54, 1.807) is 0 Å². The first-order chi connectivity index (χ1) is 9.10. The lowest BCUT2D eigenvalue weighted by Gasteiger charge is -2.13. The predicted molar refractivity (Wildman–Crippen MR) is 80.2 cm³/mol. The molecule has 19 heavy (non-hydrogen) atoms. The lowest BCUT2D eigenvalue weighted by Crippen LogP contribution is -2.04. The molecule has 2 rings (SSSR count). The molecule has 2 aromatic carbocycles. The molecule has 0 atom stereocenters. The highest BCUT2D eigenvalue weighted by atomic mass is 35.5. The van der Waals surface area contributed by atoms with E-state index in [1.807, 2.05) is 30.3 Å². The molecule has 0 saturated carbocycles. The second kappa shape index (κ2) is 6.09. The van der Waals surface area contributed by atoms with Gasteiger partial charge in [0, 0.05) is 10.6 Å². The smallest absolute Gasteiger partial charge is 0.132 e. The average molecular weight is 276 g/mol. The molecule has 0 heterocycles. The number of hydrogen-bond acceptors (Lipinski definition) is 2. The largest absolute Gasteiger partial charge is 0.457 e. The fourth-order valence-electron chi connectivity index (χ4n) is 2.14. The zero-order chi connectivity index (χ0) is 13.8. The molecule has 0 aliphatic carbocycles. The van der Waals surface area contributed by atoms with Gasteiger partial charge in [-0.15, -0.1) is 0 Å². The van der Waals surface area contributed by atoms with Gasteiger partial charge in [0.25, 0.3) is 0 Å². The maximum absolute atomic E-state index is 6.20. The van der Waals surface area contributed by atoms with E-state index in [2.05, 4.69) is 19.9 Å². The van der Waals surface area contributed by atoms with Crippen molar-refractivity contribution in [2.24, 2.45) is 5.73 Å². The van der Waals surface area contributed by atoms with Gasteiger partial charge in [0.1, 0.15) is 11.5 Å². The summed E-state index contributed by atoms with van der Waals surface area (Å²) in [5.74, 6) is 1.61. The van der Waals surface area contributed by atoms with Crippen molar-refractivity contribution in [1.29, 1.82) is 0 Å². The van der Waals surface area contributed by atoms with E-state index in [0.717, 1.165) is 17.1 Å². The number of benzene rings is 2. The van der Waals surface area contributed by atoms with Gasteiger partial charge in [-0.25, -0.2) is 0 Å². The second-order valence-corrected chi connectivity index (χ2v) is 5.09. The summed E-state index contributed by atoms with van der Waals surface area (Å²) >= 11 is 6.20. The molecule has 0 bridgehead atoms. The molecular formula is C16H18ClNO. The van der Waals surface area contributed by atoms with Crippen LogP contribution in [0.3, 0.4) is 0 Å². The maximum Gasteiger partial charge on any atom is 0.132 e. The Morgan fingerprint density at radius 2 is 1.79 bits per heavy atom. The summed E-state index contributed by atoms with van der Waals surface area (Å²) in [6.45, 7) is 4.66. The lowest BCUT2D eigenvalue weighted by molar-refractivity contribution is 0.475. The number of rotatable bonds is 4. The molecule has 2 aromatic rings. The number of halogens is 1. The van der Waals surface area contributed by atoms with Crippen LogP contribution in [0, 0.1) is 13.8 Å². The van der Waals surface area contributed by atoms with Gasteiger partial charge in [-0.1, -0.05) is 23.7 Å². The van der Waals surface area contributed by atoms with Gasteiger partial charge < -0.3 is 10.5 Å². The molecule has 100 valence electrons. The molecular weight excluding hydrogens is 258 g/mol. The minimum absolute atomic E-state index is 0.549. The van der Waals surface area contributed by atoms with Crippen LogP contribution in [0.5, 0.6) is 11.5 Å². The zero-order valence-corrected chi connectivity index (χ0v) is 12.0. The van der Waals surface area contributed by atoms with Crippen LogP contribution >= 0.6 is 11.6 Å². The summed E-state index contributed by atoms with van der Waals surface area (Å²) in [4.78, 5) is 0. The van der Waals surface area contributed by atoms with Gasteiger partial charge in [-0.2, -0.15) is 0 Å². The average Bonchev–Trinajstić information content (AvgIpc) is 2.32. The van der Waals surface area contributed by atoms with Gasteiger partial charge >= 0.3 is 0 Å². The number of hydrogen-bond donors (Lipinski definition) is 1. The number of ether oxygens (including phenoxy) is 1. The zero-order valence-electron chi connectivity index (χ0n) is 11.2. The van der Waals surface area contributed by atoms with Gasteiger partial charge in [-0.05, 0) is 62.2 Å². The van der Waals surface area contributed by atoms with Gasteiger partial charge in [0.05, 0.1) is 0 Å². The van der Waals surface area contributed by atoms with Crippen molar-refractivity contribution in [2.45, 2.75) is 20.3 Å². The molecule has 0 saturated heterocycles. The topological polar surface area (TPSA) is 35.2 Å². The highest BCUT2D eigenvalue weighted by Gasteiger charge is 2.09. The van der Waals surface area contributed by atoms with Crippen molar-refractivity contribution in [3.63, 3.8) is 0 Å². The van der Waals surface area contributed by atoms with Crippen molar-refractivity contribution >= 4 is 11.6 Å².